The fraction of sp³-hybridized carbons (Fsp3) is 0.500. The summed E-state index contributed by atoms with van der Waals surface area (Å²) in [5, 5.41) is 0. The highest BCUT2D eigenvalue weighted by atomic mass is 16.5. The van der Waals surface area contributed by atoms with Crippen molar-refractivity contribution < 1.29 is 9.53 Å². The lowest BCUT2D eigenvalue weighted by Crippen LogP contribution is -2.52. The third-order valence-electron chi connectivity index (χ3n) is 5.44. The van der Waals surface area contributed by atoms with Gasteiger partial charge in [-0.05, 0) is 18.4 Å². The van der Waals surface area contributed by atoms with Crippen LogP contribution in [0, 0.1) is 0 Å². The second kappa shape index (κ2) is 8.01. The maximum atomic E-state index is 12.9. The smallest absolute Gasteiger partial charge is 0.253 e. The molecule has 2 saturated heterocycles. The third-order valence-corrected chi connectivity index (χ3v) is 5.44. The molecule has 2 aliphatic rings. The SMILES string of the molecule is O=C(C1CN(Cc2ccccc2)CCO1)N1CCC(c2cnc[nH]2)CC1. The number of nitrogens with zero attached hydrogens (tertiary/aromatic N) is 3. The van der Waals surface area contributed by atoms with Crippen molar-refractivity contribution in [3.63, 3.8) is 0 Å². The van der Waals surface area contributed by atoms with Gasteiger partial charge in [0.05, 0.1) is 12.9 Å². The maximum Gasteiger partial charge on any atom is 0.253 e. The molecule has 1 unspecified atom stereocenters. The van der Waals surface area contributed by atoms with Crippen LogP contribution in [-0.4, -0.2) is 64.6 Å². The Kier molecular flexibility index (Phi) is 5.32. The number of H-pyrrole nitrogens is 1. The van der Waals surface area contributed by atoms with E-state index in [1.54, 1.807) is 6.33 Å². The quantitative estimate of drug-likeness (QED) is 0.912. The molecule has 0 radical (unpaired) electrons. The minimum atomic E-state index is -0.337. The number of rotatable bonds is 4. The van der Waals surface area contributed by atoms with Gasteiger partial charge in [-0.1, -0.05) is 30.3 Å². The van der Waals surface area contributed by atoms with Gasteiger partial charge in [-0.25, -0.2) is 4.98 Å². The number of morpholine rings is 1. The van der Waals surface area contributed by atoms with E-state index in [0.29, 0.717) is 19.1 Å². The van der Waals surface area contributed by atoms with Crippen molar-refractivity contribution in [1.82, 2.24) is 19.8 Å². The number of amides is 1. The molecule has 1 aromatic heterocycles. The first-order valence-electron chi connectivity index (χ1n) is 9.44. The summed E-state index contributed by atoms with van der Waals surface area (Å²) >= 11 is 0. The van der Waals surface area contributed by atoms with Crippen molar-refractivity contribution >= 4 is 5.91 Å². The number of hydrogen-bond acceptors (Lipinski definition) is 4. The van der Waals surface area contributed by atoms with Gasteiger partial charge in [0.1, 0.15) is 6.10 Å². The molecule has 1 atom stereocenters. The average Bonchev–Trinajstić information content (AvgIpc) is 3.23. The summed E-state index contributed by atoms with van der Waals surface area (Å²) in [6, 6.07) is 10.4. The minimum Gasteiger partial charge on any atom is -0.366 e. The first-order valence-corrected chi connectivity index (χ1v) is 9.44. The molecule has 3 heterocycles. The third kappa shape index (κ3) is 3.97. The highest BCUT2D eigenvalue weighted by Crippen LogP contribution is 2.27. The minimum absolute atomic E-state index is 0.144. The molecule has 4 rings (SSSR count). The number of benzene rings is 1. The van der Waals surface area contributed by atoms with E-state index in [1.807, 2.05) is 17.2 Å². The highest BCUT2D eigenvalue weighted by molar-refractivity contribution is 5.81. The lowest BCUT2D eigenvalue weighted by molar-refractivity contribution is -0.150. The number of likely N-dealkylation sites (tertiary alicyclic amines) is 1. The Morgan fingerprint density at radius 1 is 1.19 bits per heavy atom. The van der Waals surface area contributed by atoms with E-state index < -0.39 is 0 Å². The van der Waals surface area contributed by atoms with E-state index in [4.69, 9.17) is 4.74 Å². The molecule has 0 spiro atoms. The van der Waals surface area contributed by atoms with Gasteiger partial charge >= 0.3 is 0 Å². The summed E-state index contributed by atoms with van der Waals surface area (Å²) in [5.74, 6) is 0.620. The van der Waals surface area contributed by atoms with Gasteiger partial charge in [-0.15, -0.1) is 0 Å². The number of hydrogen-bond donors (Lipinski definition) is 1. The molecular formula is C20H26N4O2. The lowest BCUT2D eigenvalue weighted by atomic mass is 9.94. The van der Waals surface area contributed by atoms with Crippen LogP contribution in [0.25, 0.3) is 0 Å². The first kappa shape index (κ1) is 17.2. The average molecular weight is 354 g/mol. The van der Waals surface area contributed by atoms with Crippen LogP contribution < -0.4 is 0 Å². The molecule has 1 amide bonds. The van der Waals surface area contributed by atoms with E-state index in [9.17, 15) is 4.79 Å². The van der Waals surface area contributed by atoms with Crippen LogP contribution in [0.4, 0.5) is 0 Å². The van der Waals surface area contributed by atoms with Gasteiger partial charge in [-0.3, -0.25) is 9.69 Å². The molecule has 26 heavy (non-hydrogen) atoms. The monoisotopic (exact) mass is 354 g/mol. The number of aromatic nitrogens is 2. The van der Waals surface area contributed by atoms with Gasteiger partial charge in [0.2, 0.25) is 0 Å². The van der Waals surface area contributed by atoms with Crippen LogP contribution >= 0.6 is 0 Å². The van der Waals surface area contributed by atoms with Crippen LogP contribution in [0.15, 0.2) is 42.9 Å². The van der Waals surface area contributed by atoms with E-state index in [0.717, 1.165) is 39.0 Å². The molecular weight excluding hydrogens is 328 g/mol. The van der Waals surface area contributed by atoms with Crippen molar-refractivity contribution in [2.45, 2.75) is 31.4 Å². The van der Waals surface area contributed by atoms with Crippen molar-refractivity contribution in [2.24, 2.45) is 0 Å². The molecule has 1 aromatic carbocycles. The van der Waals surface area contributed by atoms with E-state index in [1.165, 1.54) is 11.3 Å². The Morgan fingerprint density at radius 3 is 2.73 bits per heavy atom. The number of nitrogens with one attached hydrogen (secondary N) is 1. The summed E-state index contributed by atoms with van der Waals surface area (Å²) < 4.78 is 5.81. The Hall–Kier alpha value is -2.18. The van der Waals surface area contributed by atoms with Crippen molar-refractivity contribution in [3.05, 3.63) is 54.1 Å². The zero-order valence-electron chi connectivity index (χ0n) is 15.0. The predicted molar refractivity (Wildman–Crippen MR) is 98.6 cm³/mol. The Labute approximate surface area is 154 Å². The van der Waals surface area contributed by atoms with E-state index >= 15 is 0 Å². The maximum absolute atomic E-state index is 12.9. The Morgan fingerprint density at radius 2 is 2.00 bits per heavy atom. The lowest BCUT2D eigenvalue weighted by Gasteiger charge is -2.37. The highest BCUT2D eigenvalue weighted by Gasteiger charge is 2.32. The van der Waals surface area contributed by atoms with Gasteiger partial charge in [0.25, 0.3) is 5.91 Å². The molecule has 2 aromatic rings. The molecule has 6 heteroatoms. The van der Waals surface area contributed by atoms with Gasteiger partial charge in [0.15, 0.2) is 0 Å². The van der Waals surface area contributed by atoms with Crippen LogP contribution in [0.1, 0.15) is 30.0 Å². The van der Waals surface area contributed by atoms with Crippen molar-refractivity contribution in [3.8, 4) is 0 Å². The first-order chi connectivity index (χ1) is 12.8. The largest absolute Gasteiger partial charge is 0.366 e. The summed E-state index contributed by atoms with van der Waals surface area (Å²) in [6.45, 7) is 4.63. The second-order valence-corrected chi connectivity index (χ2v) is 7.19. The molecule has 2 aliphatic heterocycles. The zero-order valence-corrected chi connectivity index (χ0v) is 15.0. The standard InChI is InChI=1S/C20H26N4O2/c25-20(24-8-6-17(7-9-24)18-12-21-15-22-18)19-14-23(10-11-26-19)13-16-4-2-1-3-5-16/h1-5,12,15,17,19H,6-11,13-14H2,(H,21,22). The van der Waals surface area contributed by atoms with Crippen LogP contribution in [0.5, 0.6) is 0 Å². The zero-order chi connectivity index (χ0) is 17.8. The number of piperidine rings is 1. The van der Waals surface area contributed by atoms with Crippen molar-refractivity contribution in [1.29, 1.82) is 0 Å². The van der Waals surface area contributed by atoms with Crippen LogP contribution in [0.2, 0.25) is 0 Å². The second-order valence-electron chi connectivity index (χ2n) is 7.19. The molecule has 0 bridgehead atoms. The van der Waals surface area contributed by atoms with Gasteiger partial charge in [0, 0.05) is 50.5 Å². The number of ether oxygens (including phenoxy) is 1. The van der Waals surface area contributed by atoms with Crippen LogP contribution in [-0.2, 0) is 16.1 Å². The normalized spacial score (nSPS) is 22.5. The molecule has 1 N–H and O–H groups in total. The molecule has 6 nitrogen and oxygen atoms in total. The predicted octanol–water partition coefficient (Wildman–Crippen LogP) is 2.02. The van der Waals surface area contributed by atoms with E-state index in [2.05, 4.69) is 39.1 Å². The number of carbonyl (C=O) groups excluding carboxylic acids is 1. The van der Waals surface area contributed by atoms with Crippen LogP contribution in [0.3, 0.4) is 0 Å². The summed E-state index contributed by atoms with van der Waals surface area (Å²) in [5.41, 5.74) is 2.46. The van der Waals surface area contributed by atoms with Gasteiger partial charge < -0.3 is 14.6 Å². The topological polar surface area (TPSA) is 61.5 Å². The summed E-state index contributed by atoms with van der Waals surface area (Å²) in [7, 11) is 0. The molecule has 0 aliphatic carbocycles. The Balaban J connectivity index is 1.30. The van der Waals surface area contributed by atoms with E-state index in [-0.39, 0.29) is 12.0 Å². The fourth-order valence-corrected chi connectivity index (χ4v) is 3.94. The van der Waals surface area contributed by atoms with Crippen molar-refractivity contribution in [2.75, 3.05) is 32.8 Å². The summed E-state index contributed by atoms with van der Waals surface area (Å²) in [6.07, 6.45) is 5.25. The number of aromatic amines is 1. The molecule has 2 fully saturated rings. The van der Waals surface area contributed by atoms with Gasteiger partial charge in [-0.2, -0.15) is 0 Å². The molecule has 0 saturated carbocycles. The number of imidazole rings is 1. The summed E-state index contributed by atoms with van der Waals surface area (Å²) in [4.78, 5) is 24.5. The molecule has 138 valence electrons. The Bertz CT molecular complexity index is 696. The fourth-order valence-electron chi connectivity index (χ4n) is 3.94. The number of carbonyl (C=O) groups is 1.